The van der Waals surface area contributed by atoms with Gasteiger partial charge in [0.2, 0.25) is 0 Å². The highest BCUT2D eigenvalue weighted by Gasteiger charge is 2.39. The van der Waals surface area contributed by atoms with Crippen LogP contribution in [-0.2, 0) is 19.1 Å². The quantitative estimate of drug-likeness (QED) is 0.170. The van der Waals surface area contributed by atoms with Crippen molar-refractivity contribution < 1.29 is 28.7 Å². The van der Waals surface area contributed by atoms with Crippen LogP contribution in [0.4, 0.5) is 0 Å². The second kappa shape index (κ2) is 9.36. The van der Waals surface area contributed by atoms with Crippen LogP contribution in [0.25, 0.3) is 6.08 Å². The Morgan fingerprint density at radius 2 is 1.53 bits per heavy atom. The van der Waals surface area contributed by atoms with Gasteiger partial charge in [-0.3, -0.25) is 14.5 Å². The highest BCUT2D eigenvalue weighted by atomic mass is 16.7. The number of cyclic esters (lactones) is 2. The first-order valence-electron chi connectivity index (χ1n) is 11.0. The van der Waals surface area contributed by atoms with Crippen molar-refractivity contribution in [1.29, 1.82) is 0 Å². The molecule has 2 aliphatic heterocycles. The number of esters is 2. The molecule has 2 aliphatic rings. The molecule has 2 heterocycles. The zero-order valence-corrected chi connectivity index (χ0v) is 18.9. The third kappa shape index (κ3) is 4.91. The number of nitrogens with zero attached hydrogens (tertiary/aromatic N) is 1. The molecular formula is C27H23NO6. The van der Waals surface area contributed by atoms with E-state index < -0.39 is 17.7 Å². The van der Waals surface area contributed by atoms with Crippen LogP contribution >= 0.6 is 0 Å². The summed E-state index contributed by atoms with van der Waals surface area (Å²) >= 11 is 0. The summed E-state index contributed by atoms with van der Waals surface area (Å²) in [5.74, 6) is 2.92. The van der Waals surface area contributed by atoms with E-state index in [1.54, 1.807) is 42.5 Å². The number of rotatable bonds is 5. The molecule has 0 aromatic heterocycles. The Bertz CT molecular complexity index is 1220. The lowest BCUT2D eigenvalue weighted by Crippen LogP contribution is -2.41. The van der Waals surface area contributed by atoms with Crippen LogP contribution in [0, 0.1) is 11.8 Å². The van der Waals surface area contributed by atoms with Gasteiger partial charge in [-0.2, -0.15) is 0 Å². The Morgan fingerprint density at radius 3 is 2.18 bits per heavy atom. The highest BCUT2D eigenvalue weighted by molar-refractivity contribution is 6.21. The van der Waals surface area contributed by atoms with Crippen molar-refractivity contribution in [3.8, 4) is 11.8 Å². The molecule has 0 radical (unpaired) electrons. The lowest BCUT2D eigenvalue weighted by Gasteiger charge is -2.29. The molecule has 0 atom stereocenters. The number of hydrogen-bond acceptors (Lipinski definition) is 6. The first-order chi connectivity index (χ1) is 16.2. The molecule has 1 saturated heterocycles. The maximum absolute atomic E-state index is 12.4. The number of carbonyl (C=O) groups is 4. The van der Waals surface area contributed by atoms with Crippen molar-refractivity contribution in [2.45, 2.75) is 38.9 Å². The van der Waals surface area contributed by atoms with Gasteiger partial charge in [0.15, 0.2) is 0 Å². The molecule has 7 nitrogen and oxygen atoms in total. The largest absolute Gasteiger partial charge is 0.419 e. The number of benzene rings is 2. The molecule has 7 heteroatoms. The summed E-state index contributed by atoms with van der Waals surface area (Å²) in [6.07, 6.45) is 3.42. The van der Waals surface area contributed by atoms with E-state index in [9.17, 15) is 19.2 Å². The molecule has 0 bridgehead atoms. The van der Waals surface area contributed by atoms with Gasteiger partial charge in [0.05, 0.1) is 11.1 Å². The summed E-state index contributed by atoms with van der Waals surface area (Å²) in [5, 5.41) is 0. The molecule has 0 unspecified atom stereocenters. The molecule has 2 aromatic rings. The normalized spacial score (nSPS) is 16.4. The lowest BCUT2D eigenvalue weighted by molar-refractivity contribution is -0.222. The van der Waals surface area contributed by atoms with E-state index >= 15 is 0 Å². The van der Waals surface area contributed by atoms with E-state index in [0.717, 1.165) is 12.0 Å². The summed E-state index contributed by atoms with van der Waals surface area (Å²) in [6, 6.07) is 14.0. The molecule has 0 saturated carbocycles. The van der Waals surface area contributed by atoms with Crippen LogP contribution in [0.5, 0.6) is 0 Å². The van der Waals surface area contributed by atoms with Gasteiger partial charge in [0.1, 0.15) is 5.57 Å². The van der Waals surface area contributed by atoms with Crippen LogP contribution in [0.1, 0.15) is 65.0 Å². The zero-order valence-electron chi connectivity index (χ0n) is 18.9. The molecule has 0 spiro atoms. The van der Waals surface area contributed by atoms with Crippen LogP contribution < -0.4 is 0 Å². The average Bonchev–Trinajstić information content (AvgIpc) is 3.03. The number of ether oxygens (including phenoxy) is 2. The van der Waals surface area contributed by atoms with Crippen molar-refractivity contribution in [3.63, 3.8) is 0 Å². The van der Waals surface area contributed by atoms with Crippen LogP contribution in [0.2, 0.25) is 0 Å². The topological polar surface area (TPSA) is 90.0 Å². The Hall–Kier alpha value is -4.18. The molecular weight excluding hydrogens is 434 g/mol. The summed E-state index contributed by atoms with van der Waals surface area (Å²) in [5.41, 5.74) is 2.10. The van der Waals surface area contributed by atoms with Gasteiger partial charge in [-0.15, -0.1) is 0 Å². The van der Waals surface area contributed by atoms with E-state index in [-0.39, 0.29) is 17.4 Å². The fourth-order valence-electron chi connectivity index (χ4n) is 3.74. The Labute approximate surface area is 197 Å². The Balaban J connectivity index is 1.31. The van der Waals surface area contributed by atoms with Crippen LogP contribution in [0.3, 0.4) is 0 Å². The van der Waals surface area contributed by atoms with Crippen molar-refractivity contribution in [2.24, 2.45) is 0 Å². The monoisotopic (exact) mass is 457 g/mol. The third-order valence-corrected chi connectivity index (χ3v) is 5.36. The van der Waals surface area contributed by atoms with E-state index in [0.29, 0.717) is 36.1 Å². The first-order valence-corrected chi connectivity index (χ1v) is 11.0. The van der Waals surface area contributed by atoms with Crippen molar-refractivity contribution >= 4 is 29.8 Å². The van der Waals surface area contributed by atoms with Gasteiger partial charge in [0, 0.05) is 32.4 Å². The number of hydrogen-bond donors (Lipinski definition) is 0. The Kier molecular flexibility index (Phi) is 6.33. The fraction of sp³-hybridized carbons (Fsp3) is 0.259. The molecule has 0 aliphatic carbocycles. The fourth-order valence-corrected chi connectivity index (χ4v) is 3.74. The van der Waals surface area contributed by atoms with Crippen molar-refractivity contribution in [2.75, 3.05) is 6.54 Å². The van der Waals surface area contributed by atoms with Gasteiger partial charge in [0.25, 0.3) is 17.6 Å². The second-order valence-corrected chi connectivity index (χ2v) is 8.43. The van der Waals surface area contributed by atoms with Gasteiger partial charge in [-0.25, -0.2) is 9.59 Å². The number of imide groups is 1. The van der Waals surface area contributed by atoms with Gasteiger partial charge < -0.3 is 9.47 Å². The maximum Gasteiger partial charge on any atom is 0.348 e. The molecule has 2 amide bonds. The SMILES string of the molecule is CC1(C)OC(=O)C(=Cc2cccc(C#CCCCCN3C(=O)c4ccccc4C3=O)c2)C(=O)O1. The number of amides is 2. The lowest BCUT2D eigenvalue weighted by atomic mass is 10.1. The Morgan fingerprint density at radius 1 is 0.882 bits per heavy atom. The molecule has 1 fully saturated rings. The second-order valence-electron chi connectivity index (χ2n) is 8.43. The minimum Gasteiger partial charge on any atom is -0.419 e. The molecule has 0 N–H and O–H groups in total. The minimum absolute atomic E-state index is 0.169. The van der Waals surface area contributed by atoms with Gasteiger partial charge in [-0.1, -0.05) is 36.1 Å². The average molecular weight is 457 g/mol. The smallest absolute Gasteiger partial charge is 0.348 e. The van der Waals surface area contributed by atoms with Crippen molar-refractivity contribution in [1.82, 2.24) is 4.90 Å². The van der Waals surface area contributed by atoms with Gasteiger partial charge >= 0.3 is 11.9 Å². The van der Waals surface area contributed by atoms with Crippen molar-refractivity contribution in [3.05, 3.63) is 76.4 Å². The summed E-state index contributed by atoms with van der Waals surface area (Å²) in [6.45, 7) is 3.35. The summed E-state index contributed by atoms with van der Waals surface area (Å²) < 4.78 is 10.2. The number of fused-ring (bicyclic) bond motifs is 1. The van der Waals surface area contributed by atoms with E-state index in [4.69, 9.17) is 9.47 Å². The third-order valence-electron chi connectivity index (χ3n) is 5.36. The summed E-state index contributed by atoms with van der Waals surface area (Å²) in [7, 11) is 0. The molecule has 2 aromatic carbocycles. The van der Waals surface area contributed by atoms with Crippen LogP contribution in [0.15, 0.2) is 54.1 Å². The molecule has 4 rings (SSSR count). The first kappa shape index (κ1) is 23.0. The molecule has 34 heavy (non-hydrogen) atoms. The van der Waals surface area contributed by atoms with E-state index in [2.05, 4.69) is 11.8 Å². The maximum atomic E-state index is 12.4. The van der Waals surface area contributed by atoms with Gasteiger partial charge in [-0.05, 0) is 48.7 Å². The zero-order chi connectivity index (χ0) is 24.3. The predicted octanol–water partition coefficient (Wildman–Crippen LogP) is 3.72. The number of unbranched alkanes of at least 4 members (excludes halogenated alkanes) is 2. The van der Waals surface area contributed by atoms with E-state index in [1.165, 1.54) is 24.8 Å². The minimum atomic E-state index is -1.28. The predicted molar refractivity (Wildman–Crippen MR) is 123 cm³/mol. The standard InChI is InChI=1S/C27H23NO6/c1-27(2)33-25(31)22(26(32)34-27)17-19-12-9-11-18(16-19)10-5-3-4-8-15-28-23(29)20-13-6-7-14-21(20)24(28)30/h6-7,9,11-14,16-17H,3-4,8,15H2,1-2H3. The number of carbonyl (C=O) groups excluding carboxylic acids is 4. The molecule has 172 valence electrons. The van der Waals surface area contributed by atoms with Crippen LogP contribution in [-0.4, -0.2) is 41.0 Å². The highest BCUT2D eigenvalue weighted by Crippen LogP contribution is 2.25. The van der Waals surface area contributed by atoms with E-state index in [1.807, 2.05) is 6.07 Å². The summed E-state index contributed by atoms with van der Waals surface area (Å²) in [4.78, 5) is 50.3.